The molecule has 1 saturated heterocycles. The third kappa shape index (κ3) is 7.35. The van der Waals surface area contributed by atoms with Gasteiger partial charge in [-0.3, -0.25) is 0 Å². The van der Waals surface area contributed by atoms with Crippen LogP contribution in [0.2, 0.25) is 0 Å². The number of ether oxygens (including phenoxy) is 5. The van der Waals surface area contributed by atoms with Crippen LogP contribution in [0.15, 0.2) is 104 Å². The lowest BCUT2D eigenvalue weighted by atomic mass is 9.98. The molecule has 3 aromatic rings. The molecule has 1 N–H and O–H groups in total. The molecular formula is C30H32O7. The molecule has 7 nitrogen and oxygen atoms in total. The normalized spacial score (nSPS) is 23.3. The van der Waals surface area contributed by atoms with Gasteiger partial charge in [0.25, 0.3) is 0 Å². The molecule has 0 aromatic heterocycles. The van der Waals surface area contributed by atoms with Crippen LogP contribution in [0.25, 0.3) is 0 Å². The minimum Gasteiger partial charge on any atom is -0.450 e. The van der Waals surface area contributed by atoms with Crippen LogP contribution >= 0.6 is 0 Å². The van der Waals surface area contributed by atoms with Crippen molar-refractivity contribution in [1.29, 1.82) is 0 Å². The predicted molar refractivity (Wildman–Crippen MR) is 138 cm³/mol. The van der Waals surface area contributed by atoms with Gasteiger partial charge < -0.3 is 28.8 Å². The Kier molecular flexibility index (Phi) is 9.99. The Labute approximate surface area is 217 Å². The van der Waals surface area contributed by atoms with Gasteiger partial charge in [-0.1, -0.05) is 84.9 Å². The van der Waals surface area contributed by atoms with E-state index >= 15 is 0 Å². The van der Waals surface area contributed by atoms with Crippen molar-refractivity contribution in [3.05, 3.63) is 120 Å². The molecule has 1 aliphatic rings. The quantitative estimate of drug-likeness (QED) is 0.291. The summed E-state index contributed by atoms with van der Waals surface area (Å²) in [5.74, 6) is -0.543. The highest BCUT2D eigenvalue weighted by atomic mass is 16.7. The zero-order valence-electron chi connectivity index (χ0n) is 20.6. The number of carbonyl (C=O) groups excluding carboxylic acids is 1. The molecule has 0 saturated carbocycles. The van der Waals surface area contributed by atoms with Crippen LogP contribution < -0.4 is 0 Å². The zero-order valence-corrected chi connectivity index (χ0v) is 20.6. The minimum atomic E-state index is -1.000. The largest absolute Gasteiger partial charge is 0.450 e. The summed E-state index contributed by atoms with van der Waals surface area (Å²) in [4.78, 5) is 13.1. The lowest BCUT2D eigenvalue weighted by molar-refractivity contribution is -0.313. The second-order valence-corrected chi connectivity index (χ2v) is 8.61. The molecule has 5 unspecified atom stereocenters. The number of aliphatic hydroxyl groups excluding tert-OH is 1. The van der Waals surface area contributed by atoms with Gasteiger partial charge in [0.1, 0.15) is 18.3 Å². The van der Waals surface area contributed by atoms with Crippen molar-refractivity contribution in [1.82, 2.24) is 0 Å². The molecular weight excluding hydrogens is 472 g/mol. The summed E-state index contributed by atoms with van der Waals surface area (Å²) in [6.07, 6.45) is -2.71. The number of rotatable bonds is 12. The van der Waals surface area contributed by atoms with E-state index in [1.165, 1.54) is 0 Å². The van der Waals surface area contributed by atoms with Crippen molar-refractivity contribution in [2.24, 2.45) is 0 Å². The molecule has 3 aromatic carbocycles. The molecule has 1 fully saturated rings. The Hall–Kier alpha value is -3.33. The van der Waals surface area contributed by atoms with E-state index in [9.17, 15) is 9.90 Å². The summed E-state index contributed by atoms with van der Waals surface area (Å²) in [6.45, 7) is 4.01. The molecule has 0 amide bonds. The number of carbonyl (C=O) groups is 1. The Balaban J connectivity index is 1.63. The lowest BCUT2D eigenvalue weighted by Crippen LogP contribution is -2.62. The number of hydrogen-bond acceptors (Lipinski definition) is 7. The SMILES string of the molecule is C=CCOC1OC(CO)C(OCc2ccccc2)C(OCc2ccccc2)C1OC(=O)c1ccccc1. The van der Waals surface area contributed by atoms with Crippen LogP contribution in [-0.4, -0.2) is 55.0 Å². The van der Waals surface area contributed by atoms with Gasteiger partial charge in [0.15, 0.2) is 12.4 Å². The predicted octanol–water partition coefficient (Wildman–Crippen LogP) is 4.30. The van der Waals surface area contributed by atoms with E-state index in [4.69, 9.17) is 23.7 Å². The average molecular weight is 505 g/mol. The molecule has 37 heavy (non-hydrogen) atoms. The average Bonchev–Trinajstić information content (AvgIpc) is 2.96. The third-order valence-electron chi connectivity index (χ3n) is 5.97. The van der Waals surface area contributed by atoms with Gasteiger partial charge in [-0.05, 0) is 23.3 Å². The van der Waals surface area contributed by atoms with Crippen molar-refractivity contribution in [2.75, 3.05) is 13.2 Å². The first kappa shape index (κ1) is 26.7. The maximum atomic E-state index is 13.1. The van der Waals surface area contributed by atoms with Crippen molar-refractivity contribution in [3.8, 4) is 0 Å². The maximum absolute atomic E-state index is 13.1. The fraction of sp³-hybridized carbons (Fsp3) is 0.300. The maximum Gasteiger partial charge on any atom is 0.338 e. The first-order chi connectivity index (χ1) is 18.2. The van der Waals surface area contributed by atoms with Crippen LogP contribution in [0.4, 0.5) is 0 Å². The van der Waals surface area contributed by atoms with Crippen LogP contribution in [0.1, 0.15) is 21.5 Å². The Morgan fingerprint density at radius 2 is 1.32 bits per heavy atom. The first-order valence-corrected chi connectivity index (χ1v) is 12.3. The number of benzene rings is 3. The van der Waals surface area contributed by atoms with Crippen LogP contribution in [-0.2, 0) is 36.9 Å². The van der Waals surface area contributed by atoms with Crippen LogP contribution in [0.5, 0.6) is 0 Å². The van der Waals surface area contributed by atoms with E-state index < -0.39 is 36.7 Å². The van der Waals surface area contributed by atoms with E-state index in [1.807, 2.05) is 66.7 Å². The van der Waals surface area contributed by atoms with E-state index in [-0.39, 0.29) is 26.4 Å². The Bertz CT molecular complexity index is 1090. The molecule has 0 bridgehead atoms. The summed E-state index contributed by atoms with van der Waals surface area (Å²) >= 11 is 0. The van der Waals surface area contributed by atoms with Gasteiger partial charge in [0.05, 0.1) is 32.0 Å². The number of esters is 1. The number of hydrogen-bond donors (Lipinski definition) is 1. The Morgan fingerprint density at radius 3 is 1.86 bits per heavy atom. The number of aliphatic hydroxyl groups is 1. The molecule has 4 rings (SSSR count). The van der Waals surface area contributed by atoms with Crippen molar-refractivity contribution in [2.45, 2.75) is 43.9 Å². The van der Waals surface area contributed by atoms with E-state index in [1.54, 1.807) is 30.3 Å². The molecule has 7 heteroatoms. The molecule has 0 aliphatic carbocycles. The van der Waals surface area contributed by atoms with Crippen molar-refractivity contribution >= 4 is 5.97 Å². The van der Waals surface area contributed by atoms with Gasteiger partial charge in [-0.25, -0.2) is 4.79 Å². The van der Waals surface area contributed by atoms with E-state index in [2.05, 4.69) is 6.58 Å². The standard InChI is InChI=1S/C30H32O7/c1-2-18-33-30-28(37-29(32)24-16-10-5-11-17-24)27(35-21-23-14-8-4-9-15-23)26(25(19-31)36-30)34-20-22-12-6-3-7-13-22/h2-17,25-28,30-31H,1,18-21H2. The summed E-state index contributed by atoms with van der Waals surface area (Å²) in [7, 11) is 0. The summed E-state index contributed by atoms with van der Waals surface area (Å²) in [6, 6.07) is 28.0. The van der Waals surface area contributed by atoms with Gasteiger partial charge in [-0.15, -0.1) is 6.58 Å². The van der Waals surface area contributed by atoms with Crippen molar-refractivity contribution < 1.29 is 33.6 Å². The van der Waals surface area contributed by atoms with Crippen LogP contribution in [0, 0.1) is 0 Å². The smallest absolute Gasteiger partial charge is 0.338 e. The molecule has 1 aliphatic heterocycles. The molecule has 0 radical (unpaired) electrons. The monoisotopic (exact) mass is 504 g/mol. The highest BCUT2D eigenvalue weighted by Gasteiger charge is 2.50. The zero-order chi connectivity index (χ0) is 25.9. The van der Waals surface area contributed by atoms with Crippen molar-refractivity contribution in [3.63, 3.8) is 0 Å². The molecule has 1 heterocycles. The van der Waals surface area contributed by atoms with E-state index in [0.29, 0.717) is 5.56 Å². The van der Waals surface area contributed by atoms with E-state index in [0.717, 1.165) is 11.1 Å². The van der Waals surface area contributed by atoms with Gasteiger partial charge in [0.2, 0.25) is 0 Å². The van der Waals surface area contributed by atoms with Crippen LogP contribution in [0.3, 0.4) is 0 Å². The first-order valence-electron chi connectivity index (χ1n) is 12.3. The second kappa shape index (κ2) is 13.8. The third-order valence-corrected chi connectivity index (χ3v) is 5.97. The fourth-order valence-corrected chi connectivity index (χ4v) is 4.14. The fourth-order valence-electron chi connectivity index (χ4n) is 4.14. The highest BCUT2D eigenvalue weighted by Crippen LogP contribution is 2.31. The van der Waals surface area contributed by atoms with Gasteiger partial charge in [0, 0.05) is 0 Å². The summed E-state index contributed by atoms with van der Waals surface area (Å²) < 4.78 is 30.5. The molecule has 5 atom stereocenters. The van der Waals surface area contributed by atoms with Gasteiger partial charge >= 0.3 is 5.97 Å². The molecule has 194 valence electrons. The lowest BCUT2D eigenvalue weighted by Gasteiger charge is -2.45. The summed E-state index contributed by atoms with van der Waals surface area (Å²) in [5.41, 5.74) is 2.27. The second-order valence-electron chi connectivity index (χ2n) is 8.61. The topological polar surface area (TPSA) is 83.5 Å². The van der Waals surface area contributed by atoms with Gasteiger partial charge in [-0.2, -0.15) is 0 Å². The Morgan fingerprint density at radius 1 is 0.784 bits per heavy atom. The molecule has 0 spiro atoms. The summed E-state index contributed by atoms with van der Waals surface area (Å²) in [5, 5.41) is 10.2. The highest BCUT2D eigenvalue weighted by molar-refractivity contribution is 5.89. The minimum absolute atomic E-state index is 0.156.